The van der Waals surface area contributed by atoms with Crippen LogP contribution in [-0.2, 0) is 10.1 Å². The molecule has 6 nitrogen and oxygen atoms in total. The Kier molecular flexibility index (Phi) is 10.9. The topological polar surface area (TPSA) is 108 Å². The molecule has 0 aromatic heterocycles. The van der Waals surface area contributed by atoms with Gasteiger partial charge in [-0.1, -0.05) is 41.4 Å². The second kappa shape index (κ2) is 13.4. The van der Waals surface area contributed by atoms with Gasteiger partial charge in [-0.15, -0.1) is 0 Å². The monoisotopic (exact) mass is 521 g/mol. The minimum atomic E-state index is -4.28. The zero-order chi connectivity index (χ0) is 25.1. The highest BCUT2D eigenvalue weighted by atomic mass is 35.5. The Labute approximate surface area is 209 Å². The van der Waals surface area contributed by atoms with E-state index in [-0.39, 0.29) is 16.5 Å². The van der Waals surface area contributed by atoms with Gasteiger partial charge in [-0.3, -0.25) is 9.59 Å². The van der Waals surface area contributed by atoms with E-state index >= 15 is 0 Å². The van der Waals surface area contributed by atoms with E-state index in [2.05, 4.69) is 0 Å². The Bertz CT molecular complexity index is 1150. The van der Waals surface area contributed by atoms with E-state index in [0.717, 1.165) is 0 Å². The van der Waals surface area contributed by atoms with E-state index in [0.29, 0.717) is 52.7 Å². The minimum Gasteiger partial charge on any atom is -0.744 e. The van der Waals surface area contributed by atoms with Gasteiger partial charge in [0, 0.05) is 21.2 Å². The molecule has 0 aliphatic carbocycles. The Hall–Kier alpha value is -2.55. The number of hydrogen-bond acceptors (Lipinski definition) is 5. The number of nitrogens with two attached hydrogens (primary N) is 1. The molecule has 0 fully saturated rings. The zero-order valence-electron chi connectivity index (χ0n) is 18.5. The standard InChI is InChI=1S/C18H17Cl2NO2.C7H8O3S/c19-15-5-1-13(2-6-15)17(22)9-11-21-12-10-18(23)14-3-7-16(20)8-4-14;1-6-4-2-3-5-7(6)11(8,9)10/h1-8,21H,9-12H2;2-5H,1H3,(H,8,9,10). The smallest absolute Gasteiger partial charge is 0.168 e. The van der Waals surface area contributed by atoms with Crippen LogP contribution in [0.15, 0.2) is 77.7 Å². The van der Waals surface area contributed by atoms with Crippen LogP contribution in [0, 0.1) is 6.92 Å². The lowest BCUT2D eigenvalue weighted by Crippen LogP contribution is -2.84. The predicted octanol–water partition coefficient (Wildman–Crippen LogP) is 4.30. The van der Waals surface area contributed by atoms with Crippen molar-refractivity contribution < 1.29 is 27.9 Å². The highest BCUT2D eigenvalue weighted by molar-refractivity contribution is 7.85. The lowest BCUT2D eigenvalue weighted by atomic mass is 10.1. The van der Waals surface area contributed by atoms with Gasteiger partial charge in [0.25, 0.3) is 0 Å². The summed E-state index contributed by atoms with van der Waals surface area (Å²) >= 11 is 11.6. The molecular formula is C25H25Cl2NO5S. The van der Waals surface area contributed by atoms with Gasteiger partial charge in [-0.25, -0.2) is 8.42 Å². The average Bonchev–Trinajstić information content (AvgIpc) is 2.79. The molecule has 0 aliphatic rings. The second-order valence-electron chi connectivity index (χ2n) is 7.45. The molecule has 2 N–H and O–H groups in total. The summed E-state index contributed by atoms with van der Waals surface area (Å²) in [5.74, 6) is 0.170. The van der Waals surface area contributed by atoms with E-state index in [1.165, 1.54) is 12.1 Å². The zero-order valence-corrected chi connectivity index (χ0v) is 20.9. The molecule has 0 spiro atoms. The first-order valence-electron chi connectivity index (χ1n) is 10.5. The number of Topliss-reactive ketones (excluding diaryl/α,β-unsaturated/α-hetero) is 2. The summed E-state index contributed by atoms with van der Waals surface area (Å²) in [6.45, 7) is 2.91. The van der Waals surface area contributed by atoms with Gasteiger partial charge in [0.1, 0.15) is 10.1 Å². The quantitative estimate of drug-likeness (QED) is 0.256. The molecule has 3 rings (SSSR count). The van der Waals surface area contributed by atoms with E-state index in [4.69, 9.17) is 23.2 Å². The first kappa shape index (κ1) is 27.7. The Morgan fingerprint density at radius 3 is 1.53 bits per heavy atom. The number of quaternary nitrogens is 1. The molecule has 3 aromatic carbocycles. The van der Waals surface area contributed by atoms with E-state index in [1.807, 2.05) is 5.32 Å². The number of benzene rings is 3. The molecule has 0 atom stereocenters. The Balaban J connectivity index is 0.000000310. The van der Waals surface area contributed by atoms with Crippen LogP contribution in [0.1, 0.15) is 39.1 Å². The van der Waals surface area contributed by atoms with Gasteiger partial charge in [0.15, 0.2) is 11.6 Å². The van der Waals surface area contributed by atoms with Gasteiger partial charge in [-0.2, -0.15) is 0 Å². The van der Waals surface area contributed by atoms with Crippen molar-refractivity contribution in [1.29, 1.82) is 0 Å². The fourth-order valence-corrected chi connectivity index (χ4v) is 3.97. The van der Waals surface area contributed by atoms with Crippen molar-refractivity contribution in [3.8, 4) is 0 Å². The van der Waals surface area contributed by atoms with Crippen LogP contribution in [0.4, 0.5) is 0 Å². The molecule has 0 heterocycles. The van der Waals surface area contributed by atoms with Crippen molar-refractivity contribution in [1.82, 2.24) is 0 Å². The second-order valence-corrected chi connectivity index (χ2v) is 9.67. The summed E-state index contributed by atoms with van der Waals surface area (Å²) in [5, 5.41) is 3.23. The van der Waals surface area contributed by atoms with Crippen LogP contribution in [0.2, 0.25) is 10.0 Å². The van der Waals surface area contributed by atoms with Gasteiger partial charge >= 0.3 is 0 Å². The van der Waals surface area contributed by atoms with Crippen molar-refractivity contribution in [3.63, 3.8) is 0 Å². The number of halogens is 2. The third-order valence-electron chi connectivity index (χ3n) is 4.85. The van der Waals surface area contributed by atoms with E-state index < -0.39 is 10.1 Å². The van der Waals surface area contributed by atoms with Crippen LogP contribution in [0.5, 0.6) is 0 Å². The maximum Gasteiger partial charge on any atom is 0.168 e. The number of carbonyl (C=O) groups is 2. The largest absolute Gasteiger partial charge is 0.744 e. The van der Waals surface area contributed by atoms with Crippen LogP contribution < -0.4 is 5.32 Å². The maximum atomic E-state index is 12.0. The predicted molar refractivity (Wildman–Crippen MR) is 132 cm³/mol. The molecule has 0 saturated carbocycles. The fraction of sp³-hybridized carbons (Fsp3) is 0.200. The van der Waals surface area contributed by atoms with Crippen molar-refractivity contribution in [2.45, 2.75) is 24.7 Å². The lowest BCUT2D eigenvalue weighted by Gasteiger charge is -2.08. The van der Waals surface area contributed by atoms with Crippen LogP contribution >= 0.6 is 23.2 Å². The molecule has 3 aromatic rings. The SMILES string of the molecule is Cc1ccccc1S(=O)(=O)[O-].O=C(CC[NH2+]CCC(=O)c1ccc(Cl)cc1)c1ccc(Cl)cc1. The first-order valence-corrected chi connectivity index (χ1v) is 12.6. The third-order valence-corrected chi connectivity index (χ3v) is 6.35. The van der Waals surface area contributed by atoms with E-state index in [9.17, 15) is 22.6 Å². The molecule has 180 valence electrons. The highest BCUT2D eigenvalue weighted by Gasteiger charge is 2.09. The van der Waals surface area contributed by atoms with Crippen molar-refractivity contribution in [2.24, 2.45) is 0 Å². The van der Waals surface area contributed by atoms with Crippen LogP contribution in [0.25, 0.3) is 0 Å². The van der Waals surface area contributed by atoms with Gasteiger partial charge in [0.05, 0.1) is 30.8 Å². The number of carbonyl (C=O) groups excluding carboxylic acids is 2. The summed E-state index contributed by atoms with van der Waals surface area (Å²) in [6.07, 6.45) is 0.882. The van der Waals surface area contributed by atoms with Crippen LogP contribution in [0.3, 0.4) is 0 Å². The van der Waals surface area contributed by atoms with Gasteiger partial charge in [-0.05, 0) is 67.1 Å². The van der Waals surface area contributed by atoms with Gasteiger partial charge in [0.2, 0.25) is 0 Å². The molecule has 0 saturated heterocycles. The minimum absolute atomic E-state index is 0.0851. The molecule has 0 aliphatic heterocycles. The summed E-state index contributed by atoms with van der Waals surface area (Å²) < 4.78 is 31.5. The van der Waals surface area contributed by atoms with E-state index in [1.54, 1.807) is 67.6 Å². The molecule has 0 unspecified atom stereocenters. The average molecular weight is 522 g/mol. The number of rotatable bonds is 9. The maximum absolute atomic E-state index is 12.0. The number of hydrogen-bond donors (Lipinski definition) is 1. The van der Waals surface area contributed by atoms with Crippen LogP contribution in [-0.4, -0.2) is 37.6 Å². The molecule has 34 heavy (non-hydrogen) atoms. The molecule has 9 heteroatoms. The molecule has 0 radical (unpaired) electrons. The summed E-state index contributed by atoms with van der Waals surface area (Å²) in [7, 11) is -4.28. The normalized spacial score (nSPS) is 10.8. The summed E-state index contributed by atoms with van der Waals surface area (Å²) in [5.41, 5.74) is 1.82. The molecule has 0 amide bonds. The third kappa shape index (κ3) is 9.37. The molecule has 0 bridgehead atoms. The summed E-state index contributed by atoms with van der Waals surface area (Å²) in [4.78, 5) is 23.8. The summed E-state index contributed by atoms with van der Waals surface area (Å²) in [6, 6.07) is 19.9. The lowest BCUT2D eigenvalue weighted by molar-refractivity contribution is -0.652. The Morgan fingerprint density at radius 1 is 0.765 bits per heavy atom. The first-order chi connectivity index (χ1) is 16.1. The Morgan fingerprint density at radius 2 is 1.18 bits per heavy atom. The van der Waals surface area contributed by atoms with Gasteiger partial charge < -0.3 is 9.87 Å². The fourth-order valence-electron chi connectivity index (χ4n) is 3.01. The highest BCUT2D eigenvalue weighted by Crippen LogP contribution is 2.13. The van der Waals surface area contributed by atoms with Crippen molar-refractivity contribution >= 4 is 44.9 Å². The van der Waals surface area contributed by atoms with Crippen molar-refractivity contribution in [3.05, 3.63) is 99.5 Å². The number of aryl methyl sites for hydroxylation is 1. The van der Waals surface area contributed by atoms with Crippen molar-refractivity contribution in [2.75, 3.05) is 13.1 Å². The number of ketones is 2. The molecular weight excluding hydrogens is 497 g/mol.